The summed E-state index contributed by atoms with van der Waals surface area (Å²) in [6, 6.07) is 0. The molecule has 118 valence electrons. The minimum atomic E-state index is -0.881. The van der Waals surface area contributed by atoms with Crippen molar-refractivity contribution in [2.75, 3.05) is 19.7 Å². The first kappa shape index (κ1) is 14.8. The highest BCUT2D eigenvalue weighted by atomic mass is 16.5. The molecule has 2 heterocycles. The third-order valence-corrected chi connectivity index (χ3v) is 5.92. The van der Waals surface area contributed by atoms with Crippen LogP contribution in [0.4, 0.5) is 0 Å². The summed E-state index contributed by atoms with van der Waals surface area (Å²) >= 11 is 0. The molecule has 0 spiro atoms. The molecule has 0 aromatic rings. The molecule has 1 aliphatic carbocycles. The average Bonchev–Trinajstić information content (AvgIpc) is 2.94. The van der Waals surface area contributed by atoms with E-state index < -0.39 is 5.54 Å². The predicted octanol–water partition coefficient (Wildman–Crippen LogP) is -0.147. The molecular weight excluding hydrogens is 270 g/mol. The molecule has 0 aromatic carbocycles. The highest BCUT2D eigenvalue weighted by Gasteiger charge is 2.72. The van der Waals surface area contributed by atoms with Gasteiger partial charge in [0.1, 0.15) is 5.54 Å². The van der Waals surface area contributed by atoms with Crippen LogP contribution in [0, 0.1) is 17.3 Å². The van der Waals surface area contributed by atoms with Gasteiger partial charge in [0.15, 0.2) is 0 Å². The van der Waals surface area contributed by atoms with Crippen molar-refractivity contribution in [3.05, 3.63) is 0 Å². The Balaban J connectivity index is 1.80. The van der Waals surface area contributed by atoms with Crippen molar-refractivity contribution in [1.29, 1.82) is 0 Å². The Morgan fingerprint density at radius 3 is 2.67 bits per heavy atom. The lowest BCUT2D eigenvalue weighted by molar-refractivity contribution is -0.185. The zero-order chi connectivity index (χ0) is 15.4. The number of amides is 2. The third kappa shape index (κ3) is 1.85. The van der Waals surface area contributed by atoms with Crippen LogP contribution in [0.1, 0.15) is 33.1 Å². The van der Waals surface area contributed by atoms with Gasteiger partial charge in [-0.2, -0.15) is 0 Å². The van der Waals surface area contributed by atoms with E-state index in [-0.39, 0.29) is 35.2 Å². The maximum atomic E-state index is 13.0. The first-order valence-electron chi connectivity index (χ1n) is 7.79. The second-order valence-corrected chi connectivity index (χ2v) is 7.27. The quantitative estimate of drug-likeness (QED) is 0.740. The standard InChI is InChI=1S/C15H25N3O3/c1-14(2)11-10(5-7-21-11)15(14,17)13(20)18-6-3-4-9(8-18)12(16)19/h9-11H,3-8,17H2,1-2H3,(H2,16,19). The van der Waals surface area contributed by atoms with E-state index in [1.54, 1.807) is 4.90 Å². The molecule has 0 radical (unpaired) electrons. The summed E-state index contributed by atoms with van der Waals surface area (Å²) in [5, 5.41) is 0. The summed E-state index contributed by atoms with van der Waals surface area (Å²) in [7, 11) is 0. The summed E-state index contributed by atoms with van der Waals surface area (Å²) in [4.78, 5) is 26.2. The molecule has 2 aliphatic heterocycles. The Hall–Kier alpha value is -1.14. The largest absolute Gasteiger partial charge is 0.377 e. The Morgan fingerprint density at radius 2 is 2.00 bits per heavy atom. The highest BCUT2D eigenvalue weighted by Crippen LogP contribution is 2.58. The summed E-state index contributed by atoms with van der Waals surface area (Å²) in [6.45, 7) is 5.76. The molecule has 4 atom stereocenters. The van der Waals surface area contributed by atoms with Crippen molar-refractivity contribution in [1.82, 2.24) is 4.90 Å². The van der Waals surface area contributed by atoms with E-state index in [1.165, 1.54) is 0 Å². The Morgan fingerprint density at radius 1 is 1.29 bits per heavy atom. The lowest BCUT2D eigenvalue weighted by Crippen LogP contribution is -2.80. The van der Waals surface area contributed by atoms with E-state index in [9.17, 15) is 9.59 Å². The number of fused-ring (bicyclic) bond motifs is 1. The summed E-state index contributed by atoms with van der Waals surface area (Å²) < 4.78 is 5.73. The molecule has 0 aromatic heterocycles. The molecular formula is C15H25N3O3. The van der Waals surface area contributed by atoms with Gasteiger partial charge in [0.05, 0.1) is 12.0 Å². The van der Waals surface area contributed by atoms with Gasteiger partial charge in [-0.15, -0.1) is 0 Å². The number of ether oxygens (including phenoxy) is 1. The van der Waals surface area contributed by atoms with Gasteiger partial charge in [-0.25, -0.2) is 0 Å². The second-order valence-electron chi connectivity index (χ2n) is 7.27. The molecule has 21 heavy (non-hydrogen) atoms. The van der Waals surface area contributed by atoms with Crippen LogP contribution in [0.25, 0.3) is 0 Å². The van der Waals surface area contributed by atoms with Gasteiger partial charge >= 0.3 is 0 Å². The fraction of sp³-hybridized carbons (Fsp3) is 0.867. The molecule has 2 saturated heterocycles. The smallest absolute Gasteiger partial charge is 0.243 e. The van der Waals surface area contributed by atoms with Crippen molar-refractivity contribution in [2.24, 2.45) is 28.7 Å². The monoisotopic (exact) mass is 295 g/mol. The maximum Gasteiger partial charge on any atom is 0.243 e. The van der Waals surface area contributed by atoms with E-state index in [2.05, 4.69) is 0 Å². The number of hydrogen-bond acceptors (Lipinski definition) is 4. The van der Waals surface area contributed by atoms with Crippen LogP contribution in [-0.2, 0) is 14.3 Å². The number of carbonyl (C=O) groups is 2. The SMILES string of the molecule is CC1(C)C2OCCC2C1(N)C(=O)N1CCCC(C(N)=O)C1. The van der Waals surface area contributed by atoms with E-state index in [4.69, 9.17) is 16.2 Å². The topological polar surface area (TPSA) is 98.7 Å². The molecule has 4 unspecified atom stereocenters. The molecule has 1 saturated carbocycles. The zero-order valence-corrected chi connectivity index (χ0v) is 12.8. The third-order valence-electron chi connectivity index (χ3n) is 5.92. The van der Waals surface area contributed by atoms with Gasteiger partial charge in [-0.1, -0.05) is 13.8 Å². The molecule has 0 bridgehead atoms. The minimum Gasteiger partial charge on any atom is -0.377 e. The van der Waals surface area contributed by atoms with E-state index in [1.807, 2.05) is 13.8 Å². The van der Waals surface area contributed by atoms with Crippen molar-refractivity contribution < 1.29 is 14.3 Å². The number of rotatable bonds is 2. The first-order valence-corrected chi connectivity index (χ1v) is 7.79. The molecule has 2 amide bonds. The lowest BCUT2D eigenvalue weighted by atomic mass is 9.47. The molecule has 6 heteroatoms. The van der Waals surface area contributed by atoms with Gasteiger partial charge in [-0.05, 0) is 19.3 Å². The van der Waals surface area contributed by atoms with E-state index in [0.717, 1.165) is 19.3 Å². The molecule has 3 aliphatic rings. The van der Waals surface area contributed by atoms with Crippen LogP contribution in [0.5, 0.6) is 0 Å². The Labute approximate surface area is 125 Å². The zero-order valence-electron chi connectivity index (χ0n) is 12.8. The van der Waals surface area contributed by atoms with Crippen molar-refractivity contribution in [3.8, 4) is 0 Å². The summed E-state index contributed by atoms with van der Waals surface area (Å²) in [5.41, 5.74) is 10.7. The number of hydrogen-bond donors (Lipinski definition) is 2. The number of piperidine rings is 1. The van der Waals surface area contributed by atoms with Crippen LogP contribution in [0.2, 0.25) is 0 Å². The van der Waals surface area contributed by atoms with Crippen LogP contribution in [0.15, 0.2) is 0 Å². The van der Waals surface area contributed by atoms with Crippen molar-refractivity contribution in [2.45, 2.75) is 44.8 Å². The van der Waals surface area contributed by atoms with Gasteiger partial charge in [-0.3, -0.25) is 9.59 Å². The second kappa shape index (κ2) is 4.68. The van der Waals surface area contributed by atoms with Gasteiger partial charge in [0, 0.05) is 31.0 Å². The van der Waals surface area contributed by atoms with Crippen LogP contribution in [-0.4, -0.2) is 48.1 Å². The fourth-order valence-corrected chi connectivity index (χ4v) is 4.47. The van der Waals surface area contributed by atoms with Gasteiger partial charge < -0.3 is 21.1 Å². The summed E-state index contributed by atoms with van der Waals surface area (Å²) in [5.74, 6) is -0.516. The number of nitrogens with two attached hydrogens (primary N) is 2. The summed E-state index contributed by atoms with van der Waals surface area (Å²) in [6.07, 6.45) is 2.47. The fourth-order valence-electron chi connectivity index (χ4n) is 4.47. The van der Waals surface area contributed by atoms with E-state index in [0.29, 0.717) is 19.7 Å². The Kier molecular flexibility index (Phi) is 3.29. The first-order chi connectivity index (χ1) is 9.80. The average molecular weight is 295 g/mol. The molecule has 3 rings (SSSR count). The lowest BCUT2D eigenvalue weighted by Gasteiger charge is -2.62. The minimum absolute atomic E-state index is 0.0369. The molecule has 6 nitrogen and oxygen atoms in total. The van der Waals surface area contributed by atoms with Crippen LogP contribution < -0.4 is 11.5 Å². The van der Waals surface area contributed by atoms with Crippen LogP contribution >= 0.6 is 0 Å². The Bertz CT molecular complexity index is 479. The van der Waals surface area contributed by atoms with Crippen LogP contribution in [0.3, 0.4) is 0 Å². The number of carbonyl (C=O) groups excluding carboxylic acids is 2. The van der Waals surface area contributed by atoms with Crippen molar-refractivity contribution in [3.63, 3.8) is 0 Å². The number of primary amides is 1. The molecule has 3 fully saturated rings. The molecule has 4 N–H and O–H groups in total. The van der Waals surface area contributed by atoms with Gasteiger partial charge in [0.25, 0.3) is 0 Å². The highest BCUT2D eigenvalue weighted by molar-refractivity contribution is 5.90. The number of likely N-dealkylation sites (tertiary alicyclic amines) is 1. The maximum absolute atomic E-state index is 13.0. The number of nitrogens with zero attached hydrogens (tertiary/aromatic N) is 1. The predicted molar refractivity (Wildman–Crippen MR) is 77.0 cm³/mol. The van der Waals surface area contributed by atoms with Gasteiger partial charge in [0.2, 0.25) is 11.8 Å². The van der Waals surface area contributed by atoms with E-state index >= 15 is 0 Å². The normalized spacial score (nSPS) is 41.3. The van der Waals surface area contributed by atoms with Crippen molar-refractivity contribution >= 4 is 11.8 Å².